The van der Waals surface area contributed by atoms with Crippen molar-refractivity contribution in [2.24, 2.45) is 0 Å². The van der Waals surface area contributed by atoms with Crippen LogP contribution in [-0.4, -0.2) is 55.3 Å². The van der Waals surface area contributed by atoms with Crippen LogP contribution < -0.4 is 5.32 Å². The van der Waals surface area contributed by atoms with Crippen LogP contribution in [0.2, 0.25) is 0 Å². The standard InChI is InChI=1S/C11H23N3O2S/c1-11(2)5-3-9-14(11)17(15,16)13-8-4-6-12-7-10-13/h12H,3-10H2,1-2H3. The predicted molar refractivity (Wildman–Crippen MR) is 68.0 cm³/mol. The fraction of sp³-hybridized carbons (Fsp3) is 1.00. The summed E-state index contributed by atoms with van der Waals surface area (Å²) in [4.78, 5) is 0. The maximum atomic E-state index is 12.6. The summed E-state index contributed by atoms with van der Waals surface area (Å²) in [5.74, 6) is 0. The van der Waals surface area contributed by atoms with Gasteiger partial charge < -0.3 is 5.32 Å². The van der Waals surface area contributed by atoms with Crippen LogP contribution in [0.25, 0.3) is 0 Å². The van der Waals surface area contributed by atoms with Crippen LogP contribution in [0, 0.1) is 0 Å². The van der Waals surface area contributed by atoms with Gasteiger partial charge in [-0.3, -0.25) is 0 Å². The highest BCUT2D eigenvalue weighted by Gasteiger charge is 2.42. The normalized spacial score (nSPS) is 28.1. The van der Waals surface area contributed by atoms with Gasteiger partial charge in [0.25, 0.3) is 10.2 Å². The van der Waals surface area contributed by atoms with Crippen LogP contribution >= 0.6 is 0 Å². The van der Waals surface area contributed by atoms with Gasteiger partial charge in [-0.15, -0.1) is 0 Å². The molecule has 2 heterocycles. The summed E-state index contributed by atoms with van der Waals surface area (Å²) < 4.78 is 28.5. The first-order valence-electron chi connectivity index (χ1n) is 6.43. The molecule has 6 heteroatoms. The number of nitrogens with one attached hydrogen (secondary N) is 1. The third kappa shape index (κ3) is 2.65. The predicted octanol–water partition coefficient (Wildman–Crippen LogP) is 0.401. The molecule has 0 spiro atoms. The number of nitrogens with zero attached hydrogens (tertiary/aromatic N) is 2. The van der Waals surface area contributed by atoms with E-state index in [9.17, 15) is 8.42 Å². The van der Waals surface area contributed by atoms with E-state index in [-0.39, 0.29) is 5.54 Å². The van der Waals surface area contributed by atoms with E-state index in [0.29, 0.717) is 19.6 Å². The third-order valence-electron chi connectivity index (χ3n) is 3.73. The van der Waals surface area contributed by atoms with E-state index in [2.05, 4.69) is 5.32 Å². The maximum absolute atomic E-state index is 12.6. The highest BCUT2D eigenvalue weighted by atomic mass is 32.2. The molecule has 0 aliphatic carbocycles. The minimum Gasteiger partial charge on any atom is -0.315 e. The van der Waals surface area contributed by atoms with E-state index in [0.717, 1.165) is 32.4 Å². The molecule has 17 heavy (non-hydrogen) atoms. The Morgan fingerprint density at radius 2 is 1.82 bits per heavy atom. The van der Waals surface area contributed by atoms with E-state index < -0.39 is 10.2 Å². The van der Waals surface area contributed by atoms with Crippen LogP contribution in [-0.2, 0) is 10.2 Å². The zero-order valence-corrected chi connectivity index (χ0v) is 11.6. The molecule has 0 aromatic carbocycles. The monoisotopic (exact) mass is 261 g/mol. The van der Waals surface area contributed by atoms with Crippen LogP contribution in [0.4, 0.5) is 0 Å². The Balaban J connectivity index is 2.17. The maximum Gasteiger partial charge on any atom is 0.282 e. The van der Waals surface area contributed by atoms with Crippen LogP contribution in [0.5, 0.6) is 0 Å². The zero-order valence-electron chi connectivity index (χ0n) is 10.8. The van der Waals surface area contributed by atoms with Gasteiger partial charge in [0.1, 0.15) is 0 Å². The topological polar surface area (TPSA) is 52.7 Å². The molecule has 100 valence electrons. The van der Waals surface area contributed by atoms with E-state index >= 15 is 0 Å². The van der Waals surface area contributed by atoms with Gasteiger partial charge >= 0.3 is 0 Å². The van der Waals surface area contributed by atoms with Crippen molar-refractivity contribution in [3.8, 4) is 0 Å². The minimum atomic E-state index is -3.27. The van der Waals surface area contributed by atoms with E-state index in [1.165, 1.54) is 0 Å². The van der Waals surface area contributed by atoms with Crippen molar-refractivity contribution in [2.75, 3.05) is 32.7 Å². The van der Waals surface area contributed by atoms with Crippen LogP contribution in [0.15, 0.2) is 0 Å². The molecule has 0 aromatic heterocycles. The Bertz CT molecular complexity index is 359. The molecule has 0 saturated carbocycles. The molecule has 5 nitrogen and oxygen atoms in total. The van der Waals surface area contributed by atoms with Gasteiger partial charge in [-0.1, -0.05) is 0 Å². The van der Waals surface area contributed by atoms with Gasteiger partial charge in [0.2, 0.25) is 0 Å². The fourth-order valence-corrected chi connectivity index (χ4v) is 4.74. The lowest BCUT2D eigenvalue weighted by Gasteiger charge is -2.34. The van der Waals surface area contributed by atoms with E-state index in [1.807, 2.05) is 13.8 Å². The summed E-state index contributed by atoms with van der Waals surface area (Å²) in [7, 11) is -3.27. The molecule has 1 N–H and O–H groups in total. The first-order chi connectivity index (χ1) is 7.94. The van der Waals surface area contributed by atoms with Crippen molar-refractivity contribution < 1.29 is 8.42 Å². The van der Waals surface area contributed by atoms with Crippen molar-refractivity contribution in [3.05, 3.63) is 0 Å². The van der Waals surface area contributed by atoms with Crippen molar-refractivity contribution in [1.29, 1.82) is 0 Å². The van der Waals surface area contributed by atoms with E-state index in [4.69, 9.17) is 0 Å². The summed E-state index contributed by atoms with van der Waals surface area (Å²) >= 11 is 0. The van der Waals surface area contributed by atoms with E-state index in [1.54, 1.807) is 8.61 Å². The first kappa shape index (κ1) is 13.3. The van der Waals surface area contributed by atoms with Crippen LogP contribution in [0.3, 0.4) is 0 Å². The minimum absolute atomic E-state index is 0.224. The molecule has 2 aliphatic heterocycles. The first-order valence-corrected chi connectivity index (χ1v) is 7.83. The fourth-order valence-electron chi connectivity index (χ4n) is 2.70. The van der Waals surface area contributed by atoms with Crippen LogP contribution in [0.1, 0.15) is 33.1 Å². The molecule has 2 saturated heterocycles. The Hall–Kier alpha value is -0.170. The Morgan fingerprint density at radius 3 is 2.47 bits per heavy atom. The van der Waals surface area contributed by atoms with Gasteiger partial charge in [0.05, 0.1) is 0 Å². The van der Waals surface area contributed by atoms with Gasteiger partial charge in [-0.05, 0) is 39.7 Å². The Labute approximate surface area is 104 Å². The second kappa shape index (κ2) is 4.84. The molecule has 2 fully saturated rings. The molecule has 2 rings (SSSR count). The molecule has 0 bridgehead atoms. The summed E-state index contributed by atoms with van der Waals surface area (Å²) in [6, 6.07) is 0. The van der Waals surface area contributed by atoms with Gasteiger partial charge in [0, 0.05) is 31.7 Å². The van der Waals surface area contributed by atoms with Crippen molar-refractivity contribution in [1.82, 2.24) is 13.9 Å². The van der Waals surface area contributed by atoms with Gasteiger partial charge in [-0.25, -0.2) is 0 Å². The summed E-state index contributed by atoms with van der Waals surface area (Å²) in [5.41, 5.74) is -0.224. The Kier molecular flexibility index (Phi) is 3.77. The third-order valence-corrected chi connectivity index (χ3v) is 5.98. The highest BCUT2D eigenvalue weighted by molar-refractivity contribution is 7.86. The van der Waals surface area contributed by atoms with Crippen molar-refractivity contribution in [3.63, 3.8) is 0 Å². The van der Waals surface area contributed by atoms with Gasteiger partial charge in [-0.2, -0.15) is 17.0 Å². The van der Waals surface area contributed by atoms with Crippen molar-refractivity contribution >= 4 is 10.2 Å². The highest BCUT2D eigenvalue weighted by Crippen LogP contribution is 2.32. The SMILES string of the molecule is CC1(C)CCCN1S(=O)(=O)N1CCCNCC1. The number of hydrogen-bond donors (Lipinski definition) is 1. The molecule has 0 amide bonds. The molecular formula is C11H23N3O2S. The lowest BCUT2D eigenvalue weighted by atomic mass is 10.0. The van der Waals surface area contributed by atoms with Crippen molar-refractivity contribution in [2.45, 2.75) is 38.6 Å². The molecule has 2 aliphatic rings. The van der Waals surface area contributed by atoms with Gasteiger partial charge in [0.15, 0.2) is 0 Å². The average Bonchev–Trinajstić information content (AvgIpc) is 2.51. The lowest BCUT2D eigenvalue weighted by molar-refractivity contribution is 0.264. The molecular weight excluding hydrogens is 238 g/mol. The average molecular weight is 261 g/mol. The molecule has 0 radical (unpaired) electrons. The second-order valence-corrected chi connectivity index (χ2v) is 7.35. The lowest BCUT2D eigenvalue weighted by Crippen LogP contribution is -2.50. The molecule has 0 aromatic rings. The summed E-state index contributed by atoms with van der Waals surface area (Å²) in [5, 5.41) is 3.24. The second-order valence-electron chi connectivity index (χ2n) is 5.50. The Morgan fingerprint density at radius 1 is 1.06 bits per heavy atom. The number of rotatable bonds is 2. The summed E-state index contributed by atoms with van der Waals surface area (Å²) in [6.07, 6.45) is 2.82. The number of hydrogen-bond acceptors (Lipinski definition) is 3. The molecule has 0 unspecified atom stereocenters. The zero-order chi connectivity index (χ0) is 12.5. The smallest absolute Gasteiger partial charge is 0.282 e. The summed E-state index contributed by atoms with van der Waals surface area (Å²) in [6.45, 7) is 7.61. The molecule has 0 atom stereocenters. The largest absolute Gasteiger partial charge is 0.315 e. The quantitative estimate of drug-likeness (QED) is 0.783.